The number of allylic oxidation sites excluding steroid dienone is 1. The molecule has 138 valence electrons. The molecule has 0 saturated carbocycles. The van der Waals surface area contributed by atoms with Crippen LogP contribution < -0.4 is 10.1 Å². The SMILES string of the molecule is C[Si](C)(c1ccccc1)[C@H]1CC=C[C@@H]2CCC(=O)N3c4ccccc4[C@H]1[C@H]23. The van der Waals surface area contributed by atoms with E-state index < -0.39 is 8.07 Å². The Labute approximate surface area is 162 Å². The highest BCUT2D eigenvalue weighted by atomic mass is 28.3. The van der Waals surface area contributed by atoms with Gasteiger partial charge in [-0.1, -0.05) is 79.0 Å². The minimum atomic E-state index is -1.72. The Morgan fingerprint density at radius 3 is 2.56 bits per heavy atom. The van der Waals surface area contributed by atoms with Crippen LogP contribution in [0.2, 0.25) is 18.6 Å². The molecule has 2 nitrogen and oxygen atoms in total. The van der Waals surface area contributed by atoms with Gasteiger partial charge in [-0.25, -0.2) is 0 Å². The molecule has 5 rings (SSSR count). The van der Waals surface area contributed by atoms with Crippen molar-refractivity contribution >= 4 is 24.9 Å². The fourth-order valence-electron chi connectivity index (χ4n) is 5.87. The van der Waals surface area contributed by atoms with Gasteiger partial charge in [-0.3, -0.25) is 4.79 Å². The highest BCUT2D eigenvalue weighted by molar-refractivity contribution is 6.91. The molecule has 1 saturated heterocycles. The summed E-state index contributed by atoms with van der Waals surface area (Å²) in [6.07, 6.45) is 7.67. The number of hydrogen-bond acceptors (Lipinski definition) is 1. The third-order valence-corrected chi connectivity index (χ3v) is 11.5. The zero-order valence-corrected chi connectivity index (χ0v) is 17.1. The van der Waals surface area contributed by atoms with E-state index in [-0.39, 0.29) is 0 Å². The van der Waals surface area contributed by atoms with Gasteiger partial charge in [-0.2, -0.15) is 0 Å². The Bertz CT molecular complexity index is 904. The van der Waals surface area contributed by atoms with Crippen molar-refractivity contribution in [1.82, 2.24) is 0 Å². The summed E-state index contributed by atoms with van der Waals surface area (Å²) in [5, 5.41) is 1.53. The van der Waals surface area contributed by atoms with E-state index in [2.05, 4.69) is 84.7 Å². The number of fused-ring (bicyclic) bond motifs is 3. The van der Waals surface area contributed by atoms with Crippen LogP contribution in [0.15, 0.2) is 66.7 Å². The van der Waals surface area contributed by atoms with Gasteiger partial charge in [-0.05, 0) is 35.9 Å². The van der Waals surface area contributed by atoms with E-state index in [1.165, 1.54) is 16.4 Å². The molecule has 0 bridgehead atoms. The first-order valence-corrected chi connectivity index (χ1v) is 13.3. The van der Waals surface area contributed by atoms with Gasteiger partial charge in [0.25, 0.3) is 0 Å². The average Bonchev–Trinajstić information content (AvgIpc) is 2.90. The molecule has 2 heterocycles. The number of anilines is 1. The van der Waals surface area contributed by atoms with Crippen molar-refractivity contribution in [2.45, 2.75) is 49.9 Å². The number of nitrogens with zero attached hydrogens (tertiary/aromatic N) is 1. The van der Waals surface area contributed by atoms with Crippen molar-refractivity contribution < 1.29 is 4.79 Å². The lowest BCUT2D eigenvalue weighted by atomic mass is 9.81. The Balaban J connectivity index is 1.67. The fourth-order valence-corrected chi connectivity index (χ4v) is 9.35. The van der Waals surface area contributed by atoms with Crippen LogP contribution in [0.3, 0.4) is 0 Å². The topological polar surface area (TPSA) is 20.3 Å². The molecule has 0 unspecified atom stereocenters. The van der Waals surface area contributed by atoms with Gasteiger partial charge in [0.1, 0.15) is 0 Å². The van der Waals surface area contributed by atoms with E-state index in [4.69, 9.17) is 0 Å². The summed E-state index contributed by atoms with van der Waals surface area (Å²) in [6.45, 7) is 5.05. The molecule has 0 radical (unpaired) electrons. The van der Waals surface area contributed by atoms with Crippen molar-refractivity contribution in [3.8, 4) is 0 Å². The lowest BCUT2D eigenvalue weighted by Crippen LogP contribution is -2.53. The second-order valence-corrected chi connectivity index (χ2v) is 13.7. The highest BCUT2D eigenvalue weighted by Gasteiger charge is 2.53. The van der Waals surface area contributed by atoms with Gasteiger partial charge >= 0.3 is 0 Å². The van der Waals surface area contributed by atoms with E-state index in [1.807, 2.05) is 0 Å². The third-order valence-electron chi connectivity index (χ3n) is 7.27. The van der Waals surface area contributed by atoms with Gasteiger partial charge in [0, 0.05) is 18.0 Å². The van der Waals surface area contributed by atoms with E-state index in [9.17, 15) is 4.79 Å². The molecule has 1 amide bonds. The van der Waals surface area contributed by atoms with Gasteiger partial charge in [0.05, 0.1) is 14.1 Å². The first-order valence-electron chi connectivity index (χ1n) is 10.2. The van der Waals surface area contributed by atoms with Crippen LogP contribution in [0.25, 0.3) is 0 Å². The van der Waals surface area contributed by atoms with Gasteiger partial charge < -0.3 is 4.90 Å². The van der Waals surface area contributed by atoms with Crippen molar-refractivity contribution in [3.63, 3.8) is 0 Å². The summed E-state index contributed by atoms with van der Waals surface area (Å²) in [6, 6.07) is 20.1. The molecule has 1 aliphatic carbocycles. The average molecular weight is 374 g/mol. The first-order chi connectivity index (χ1) is 13.1. The molecule has 2 aliphatic heterocycles. The minimum absolute atomic E-state index is 0.308. The molecule has 2 aromatic rings. The highest BCUT2D eigenvalue weighted by Crippen LogP contribution is 2.56. The summed E-state index contributed by atoms with van der Waals surface area (Å²) in [4.78, 5) is 15.1. The summed E-state index contributed by atoms with van der Waals surface area (Å²) in [5.41, 5.74) is 3.19. The normalized spacial score (nSPS) is 29.3. The Kier molecular flexibility index (Phi) is 3.90. The maximum atomic E-state index is 12.9. The number of benzene rings is 2. The van der Waals surface area contributed by atoms with Gasteiger partial charge in [-0.15, -0.1) is 0 Å². The van der Waals surface area contributed by atoms with E-state index in [1.54, 1.807) is 0 Å². The van der Waals surface area contributed by atoms with Crippen molar-refractivity contribution in [3.05, 3.63) is 72.3 Å². The number of amides is 1. The molecule has 2 aromatic carbocycles. The molecule has 0 spiro atoms. The Hall–Kier alpha value is -2.13. The molecule has 3 aliphatic rings. The van der Waals surface area contributed by atoms with Gasteiger partial charge in [0.15, 0.2) is 0 Å². The second-order valence-electron chi connectivity index (χ2n) is 8.90. The zero-order valence-electron chi connectivity index (χ0n) is 16.1. The van der Waals surface area contributed by atoms with Crippen LogP contribution in [0, 0.1) is 5.92 Å². The van der Waals surface area contributed by atoms with Crippen LogP contribution in [0.4, 0.5) is 5.69 Å². The molecule has 0 aromatic heterocycles. The van der Waals surface area contributed by atoms with Crippen molar-refractivity contribution in [2.75, 3.05) is 4.90 Å². The van der Waals surface area contributed by atoms with Crippen LogP contribution >= 0.6 is 0 Å². The maximum absolute atomic E-state index is 12.9. The summed E-state index contributed by atoms with van der Waals surface area (Å²) < 4.78 is 0. The predicted molar refractivity (Wildman–Crippen MR) is 114 cm³/mol. The van der Waals surface area contributed by atoms with Crippen LogP contribution in [0.1, 0.15) is 30.7 Å². The van der Waals surface area contributed by atoms with E-state index >= 15 is 0 Å². The Morgan fingerprint density at radius 2 is 1.74 bits per heavy atom. The fraction of sp³-hybridized carbons (Fsp3) is 0.375. The lowest BCUT2D eigenvalue weighted by molar-refractivity contribution is -0.120. The Morgan fingerprint density at radius 1 is 1.00 bits per heavy atom. The monoisotopic (exact) mass is 373 g/mol. The zero-order chi connectivity index (χ0) is 18.6. The van der Waals surface area contributed by atoms with Crippen molar-refractivity contribution in [2.24, 2.45) is 5.92 Å². The molecule has 1 fully saturated rings. The number of para-hydroxylation sites is 1. The predicted octanol–water partition coefficient (Wildman–Crippen LogP) is 4.84. The first kappa shape index (κ1) is 17.0. The molecule has 0 N–H and O–H groups in total. The lowest BCUT2D eigenvalue weighted by Gasteiger charge is -2.43. The second kappa shape index (κ2) is 6.20. The van der Waals surface area contributed by atoms with E-state index in [0.717, 1.165) is 12.8 Å². The van der Waals surface area contributed by atoms with Gasteiger partial charge in [0.2, 0.25) is 5.91 Å². The number of carbonyl (C=O) groups is 1. The molecule has 27 heavy (non-hydrogen) atoms. The molecule has 3 heteroatoms. The summed E-state index contributed by atoms with van der Waals surface area (Å²) in [5.74, 6) is 1.26. The molecular weight excluding hydrogens is 346 g/mol. The number of carbonyl (C=O) groups excluding carboxylic acids is 1. The third kappa shape index (κ3) is 2.48. The van der Waals surface area contributed by atoms with Crippen molar-refractivity contribution in [1.29, 1.82) is 0 Å². The van der Waals surface area contributed by atoms with Crippen LogP contribution in [-0.2, 0) is 4.79 Å². The molecular formula is C24H27NOSi. The largest absolute Gasteiger partial charge is 0.308 e. The standard InChI is InChI=1S/C24H27NOSi/c1-27(2,18-10-4-3-5-11-18)21-14-8-9-17-15-16-22(26)25-20-13-7-6-12-19(20)23(21)24(17)25/h3-13,17,21,23-24H,14-16H2,1-2H3/t17-,21+,23-,24+/m1/s1. The van der Waals surface area contributed by atoms with Crippen LogP contribution in [0.5, 0.6) is 0 Å². The summed E-state index contributed by atoms with van der Waals surface area (Å²) in [7, 11) is -1.72. The van der Waals surface area contributed by atoms with E-state index in [0.29, 0.717) is 35.7 Å². The molecule has 4 atom stereocenters. The summed E-state index contributed by atoms with van der Waals surface area (Å²) >= 11 is 0. The maximum Gasteiger partial charge on any atom is 0.227 e. The quantitative estimate of drug-likeness (QED) is 0.545. The number of rotatable bonds is 2. The number of hydrogen-bond donors (Lipinski definition) is 0. The minimum Gasteiger partial charge on any atom is -0.308 e. The smallest absolute Gasteiger partial charge is 0.227 e. The van der Waals surface area contributed by atoms with Crippen LogP contribution in [-0.4, -0.2) is 20.0 Å². The number of piperidine rings is 1.